The summed E-state index contributed by atoms with van der Waals surface area (Å²) in [6.45, 7) is 2.86. The summed E-state index contributed by atoms with van der Waals surface area (Å²) in [6.07, 6.45) is 3.48. The molecule has 1 aliphatic rings. The van der Waals surface area contributed by atoms with Crippen molar-refractivity contribution in [1.29, 1.82) is 0 Å². The molecule has 0 spiro atoms. The first-order valence-electron chi connectivity index (χ1n) is 6.63. The Bertz CT molecular complexity index is 780. The number of aromatic nitrogens is 3. The number of aromatic amines is 1. The molecule has 3 aromatic rings. The topological polar surface area (TPSA) is 62.8 Å². The van der Waals surface area contributed by atoms with E-state index < -0.39 is 0 Å². The minimum Gasteiger partial charge on any atom is -0.439 e. The second kappa shape index (κ2) is 4.31. The molecule has 1 aliphatic heterocycles. The van der Waals surface area contributed by atoms with E-state index in [9.17, 15) is 0 Å². The van der Waals surface area contributed by atoms with Crippen LogP contribution in [0.3, 0.4) is 0 Å². The summed E-state index contributed by atoms with van der Waals surface area (Å²) in [5.74, 6) is 1.43. The van der Waals surface area contributed by atoms with E-state index in [0.717, 1.165) is 34.5 Å². The Morgan fingerprint density at radius 2 is 2.20 bits per heavy atom. The molecule has 2 aromatic heterocycles. The summed E-state index contributed by atoms with van der Waals surface area (Å²) in [7, 11) is 0. The van der Waals surface area contributed by atoms with Crippen molar-refractivity contribution in [1.82, 2.24) is 20.3 Å². The molecular formula is C15H14N4O. The lowest BCUT2D eigenvalue weighted by Gasteiger charge is -2.11. The Labute approximate surface area is 116 Å². The molecule has 0 bridgehead atoms. The minimum atomic E-state index is 0.220. The van der Waals surface area contributed by atoms with Crippen LogP contribution in [0.15, 0.2) is 36.8 Å². The Morgan fingerprint density at radius 3 is 3.15 bits per heavy atom. The van der Waals surface area contributed by atoms with Crippen molar-refractivity contribution in [3.05, 3.63) is 48.0 Å². The van der Waals surface area contributed by atoms with Gasteiger partial charge >= 0.3 is 0 Å². The summed E-state index contributed by atoms with van der Waals surface area (Å²) in [5.41, 5.74) is 3.17. The second-order valence-electron chi connectivity index (χ2n) is 4.97. The number of benzene rings is 1. The van der Waals surface area contributed by atoms with Crippen LogP contribution in [0.5, 0.6) is 11.6 Å². The molecule has 0 aliphatic carbocycles. The third-order valence-electron chi connectivity index (χ3n) is 3.68. The second-order valence-corrected chi connectivity index (χ2v) is 4.97. The molecule has 3 heterocycles. The van der Waals surface area contributed by atoms with Crippen LogP contribution in [0.2, 0.25) is 0 Å². The first-order chi connectivity index (χ1) is 9.81. The Morgan fingerprint density at radius 1 is 1.25 bits per heavy atom. The van der Waals surface area contributed by atoms with Gasteiger partial charge in [-0.25, -0.2) is 9.97 Å². The highest BCUT2D eigenvalue weighted by Crippen LogP contribution is 2.33. The third kappa shape index (κ3) is 1.75. The quantitative estimate of drug-likeness (QED) is 0.748. The van der Waals surface area contributed by atoms with Gasteiger partial charge in [-0.1, -0.05) is 0 Å². The molecule has 1 unspecified atom stereocenters. The van der Waals surface area contributed by atoms with E-state index in [0.29, 0.717) is 5.88 Å². The van der Waals surface area contributed by atoms with Gasteiger partial charge in [-0.3, -0.25) is 0 Å². The molecule has 1 aromatic carbocycles. The van der Waals surface area contributed by atoms with Gasteiger partial charge in [0.25, 0.3) is 0 Å². The number of ether oxygens (including phenoxy) is 1. The van der Waals surface area contributed by atoms with Crippen molar-refractivity contribution < 1.29 is 4.74 Å². The monoisotopic (exact) mass is 266 g/mol. The molecule has 1 atom stereocenters. The molecule has 0 amide bonds. The van der Waals surface area contributed by atoms with Crippen LogP contribution in [0, 0.1) is 0 Å². The van der Waals surface area contributed by atoms with E-state index in [-0.39, 0.29) is 6.04 Å². The van der Waals surface area contributed by atoms with Gasteiger partial charge in [0.1, 0.15) is 12.1 Å². The van der Waals surface area contributed by atoms with Crippen molar-refractivity contribution in [3.8, 4) is 11.6 Å². The molecule has 0 saturated heterocycles. The fraction of sp³-hybridized carbons (Fsp3) is 0.200. The van der Waals surface area contributed by atoms with Crippen molar-refractivity contribution in [3.63, 3.8) is 0 Å². The summed E-state index contributed by atoms with van der Waals surface area (Å²) in [5, 5.41) is 4.47. The fourth-order valence-corrected chi connectivity index (χ4v) is 2.63. The van der Waals surface area contributed by atoms with Crippen LogP contribution >= 0.6 is 0 Å². The normalized spacial score (nSPS) is 17.4. The molecule has 0 saturated carbocycles. The largest absolute Gasteiger partial charge is 0.439 e. The summed E-state index contributed by atoms with van der Waals surface area (Å²) < 4.78 is 5.96. The summed E-state index contributed by atoms with van der Waals surface area (Å²) in [6, 6.07) is 8.20. The van der Waals surface area contributed by atoms with Crippen LogP contribution < -0.4 is 10.1 Å². The highest BCUT2D eigenvalue weighted by atomic mass is 16.5. The number of nitrogens with one attached hydrogen (secondary N) is 2. The lowest BCUT2D eigenvalue weighted by molar-refractivity contribution is 0.450. The highest BCUT2D eigenvalue weighted by molar-refractivity contribution is 5.80. The predicted molar refractivity (Wildman–Crippen MR) is 75.7 cm³/mol. The van der Waals surface area contributed by atoms with E-state index >= 15 is 0 Å². The maximum atomic E-state index is 5.96. The van der Waals surface area contributed by atoms with Crippen LogP contribution in [0.4, 0.5) is 0 Å². The van der Waals surface area contributed by atoms with Gasteiger partial charge in [-0.05, 0) is 31.2 Å². The average Bonchev–Trinajstić information content (AvgIpc) is 3.06. The number of H-pyrrole nitrogens is 1. The first-order valence-corrected chi connectivity index (χ1v) is 6.63. The molecule has 5 nitrogen and oxygen atoms in total. The molecule has 0 fully saturated rings. The zero-order valence-electron chi connectivity index (χ0n) is 11.1. The van der Waals surface area contributed by atoms with Crippen LogP contribution in [-0.4, -0.2) is 15.0 Å². The Kier molecular flexibility index (Phi) is 2.47. The minimum absolute atomic E-state index is 0.220. The Hall–Kier alpha value is -2.40. The SMILES string of the molecule is CC1NCc2ncnc(Oc3ccc4[nH]ccc4c3)c21. The van der Waals surface area contributed by atoms with E-state index in [4.69, 9.17) is 4.74 Å². The van der Waals surface area contributed by atoms with Gasteiger partial charge in [0.05, 0.1) is 11.3 Å². The molecule has 4 rings (SSSR count). The fourth-order valence-electron chi connectivity index (χ4n) is 2.63. The summed E-state index contributed by atoms with van der Waals surface area (Å²) in [4.78, 5) is 11.7. The van der Waals surface area contributed by atoms with Crippen LogP contribution in [0.25, 0.3) is 10.9 Å². The van der Waals surface area contributed by atoms with Gasteiger partial charge in [-0.2, -0.15) is 0 Å². The highest BCUT2D eigenvalue weighted by Gasteiger charge is 2.24. The van der Waals surface area contributed by atoms with Gasteiger partial charge in [0.2, 0.25) is 5.88 Å². The van der Waals surface area contributed by atoms with E-state index in [1.54, 1.807) is 6.33 Å². The number of fused-ring (bicyclic) bond motifs is 2. The van der Waals surface area contributed by atoms with Crippen LogP contribution in [0.1, 0.15) is 24.2 Å². The van der Waals surface area contributed by atoms with Gasteiger partial charge < -0.3 is 15.0 Å². The predicted octanol–water partition coefficient (Wildman–Crippen LogP) is 2.91. The molecule has 5 heteroatoms. The van der Waals surface area contributed by atoms with Gasteiger partial charge in [0, 0.05) is 29.7 Å². The zero-order valence-corrected chi connectivity index (χ0v) is 11.1. The van der Waals surface area contributed by atoms with E-state index in [1.807, 2.05) is 30.5 Å². The molecule has 2 N–H and O–H groups in total. The van der Waals surface area contributed by atoms with Gasteiger partial charge in [-0.15, -0.1) is 0 Å². The summed E-state index contributed by atoms with van der Waals surface area (Å²) >= 11 is 0. The molecule has 0 radical (unpaired) electrons. The van der Waals surface area contributed by atoms with Crippen molar-refractivity contribution in [2.45, 2.75) is 19.5 Å². The lowest BCUT2D eigenvalue weighted by Crippen LogP contribution is -2.08. The average molecular weight is 266 g/mol. The number of hydrogen-bond donors (Lipinski definition) is 2. The maximum absolute atomic E-state index is 5.96. The van der Waals surface area contributed by atoms with Crippen molar-refractivity contribution in [2.75, 3.05) is 0 Å². The number of rotatable bonds is 2. The molecule has 100 valence electrons. The molecule has 20 heavy (non-hydrogen) atoms. The Balaban J connectivity index is 1.74. The van der Waals surface area contributed by atoms with Crippen molar-refractivity contribution >= 4 is 10.9 Å². The third-order valence-corrected chi connectivity index (χ3v) is 3.68. The van der Waals surface area contributed by atoms with E-state index in [2.05, 4.69) is 27.2 Å². The number of nitrogens with zero attached hydrogens (tertiary/aromatic N) is 2. The smallest absolute Gasteiger partial charge is 0.227 e. The van der Waals surface area contributed by atoms with Crippen molar-refractivity contribution in [2.24, 2.45) is 0 Å². The zero-order chi connectivity index (χ0) is 13.5. The van der Waals surface area contributed by atoms with Gasteiger partial charge in [0.15, 0.2) is 0 Å². The lowest BCUT2D eigenvalue weighted by atomic mass is 10.1. The van der Waals surface area contributed by atoms with E-state index in [1.165, 1.54) is 0 Å². The van der Waals surface area contributed by atoms with Crippen LogP contribution in [-0.2, 0) is 6.54 Å². The maximum Gasteiger partial charge on any atom is 0.227 e. The standard InChI is InChI=1S/C15H14N4O/c1-9-14-13(7-17-9)18-8-19-15(14)20-11-2-3-12-10(6-11)4-5-16-12/h2-6,8-9,16-17H,7H2,1H3. The molecular weight excluding hydrogens is 252 g/mol. The number of hydrogen-bond acceptors (Lipinski definition) is 4. The first kappa shape index (κ1) is 11.4.